The van der Waals surface area contributed by atoms with Gasteiger partial charge in [-0.1, -0.05) is 60.7 Å². The van der Waals surface area contributed by atoms with Crippen LogP contribution in [0.15, 0.2) is 60.7 Å². The van der Waals surface area contributed by atoms with Crippen molar-refractivity contribution in [3.63, 3.8) is 0 Å². The van der Waals surface area contributed by atoms with E-state index in [-0.39, 0.29) is 6.54 Å². The number of nitrogens with zero attached hydrogens (tertiary/aromatic N) is 2. The average molecular weight is 334 g/mol. The molecule has 0 radical (unpaired) electrons. The molecule has 1 N–H and O–H groups in total. The lowest BCUT2D eigenvalue weighted by Gasteiger charge is -2.35. The lowest BCUT2D eigenvalue weighted by atomic mass is 10.0. The minimum Gasteiger partial charge on any atom is -0.394 e. The molecule has 126 valence electrons. The van der Waals surface area contributed by atoms with Crippen molar-refractivity contribution in [2.45, 2.75) is 24.8 Å². The number of rotatable bonds is 6. The summed E-state index contributed by atoms with van der Waals surface area (Å²) in [4.78, 5) is 0.991. The summed E-state index contributed by atoms with van der Waals surface area (Å²) in [6, 6.07) is 15.1. The summed E-state index contributed by atoms with van der Waals surface area (Å²) in [7, 11) is 0. The predicted molar refractivity (Wildman–Crippen MR) is 83.7 cm³/mol. The average Bonchev–Trinajstić information content (AvgIpc) is 2.56. The van der Waals surface area contributed by atoms with E-state index in [0.29, 0.717) is 11.1 Å². The Morgan fingerprint density at radius 1 is 1.00 bits per heavy atom. The molecule has 2 atom stereocenters. The van der Waals surface area contributed by atoms with Crippen molar-refractivity contribution >= 4 is 0 Å². The van der Waals surface area contributed by atoms with Gasteiger partial charge in [-0.15, -0.1) is 0 Å². The van der Waals surface area contributed by atoms with Crippen LogP contribution in [0.3, 0.4) is 0 Å². The topological polar surface area (TPSA) is 47.3 Å². The molecule has 0 saturated heterocycles. The molecule has 0 aliphatic rings. The molecule has 0 saturated carbocycles. The van der Waals surface area contributed by atoms with Gasteiger partial charge in [0.25, 0.3) is 0 Å². The first-order chi connectivity index (χ1) is 11.5. The van der Waals surface area contributed by atoms with Gasteiger partial charge in [-0.25, -0.2) is 0 Å². The molecule has 3 nitrogen and oxygen atoms in total. The van der Waals surface area contributed by atoms with E-state index in [1.807, 2.05) is 0 Å². The van der Waals surface area contributed by atoms with Gasteiger partial charge >= 0.3 is 6.18 Å². The number of hydrogen-bond donors (Lipinski definition) is 1. The zero-order valence-electron chi connectivity index (χ0n) is 12.8. The second-order valence-corrected chi connectivity index (χ2v) is 5.34. The van der Waals surface area contributed by atoms with Gasteiger partial charge < -0.3 is 5.11 Å². The van der Waals surface area contributed by atoms with E-state index < -0.39 is 24.9 Å². The van der Waals surface area contributed by atoms with Crippen LogP contribution < -0.4 is 0 Å². The van der Waals surface area contributed by atoms with E-state index in [4.69, 9.17) is 5.26 Å². The van der Waals surface area contributed by atoms with E-state index in [1.54, 1.807) is 60.7 Å². The normalized spacial score (nSPS) is 14.2. The van der Waals surface area contributed by atoms with Gasteiger partial charge in [0, 0.05) is 6.54 Å². The highest BCUT2D eigenvalue weighted by atomic mass is 19.4. The van der Waals surface area contributed by atoms with Gasteiger partial charge in [0.15, 0.2) is 6.04 Å². The molecule has 2 aromatic carbocycles. The van der Waals surface area contributed by atoms with Crippen molar-refractivity contribution in [2.75, 3.05) is 6.61 Å². The Morgan fingerprint density at radius 3 is 2.00 bits per heavy atom. The van der Waals surface area contributed by atoms with Crippen LogP contribution in [0.1, 0.15) is 17.2 Å². The molecule has 6 heteroatoms. The molecule has 0 unspecified atom stereocenters. The summed E-state index contributed by atoms with van der Waals surface area (Å²) in [6.07, 6.45) is -4.72. The van der Waals surface area contributed by atoms with E-state index in [0.717, 1.165) is 4.90 Å². The fourth-order valence-corrected chi connectivity index (χ4v) is 2.59. The molecule has 2 aromatic rings. The maximum atomic E-state index is 13.3. The van der Waals surface area contributed by atoms with Crippen LogP contribution in [0.4, 0.5) is 13.2 Å². The summed E-state index contributed by atoms with van der Waals surface area (Å²) in [5.74, 6) is 0. The molecule has 0 amide bonds. The Bertz CT molecular complexity index is 668. The number of halogens is 3. The second-order valence-electron chi connectivity index (χ2n) is 5.34. The van der Waals surface area contributed by atoms with Crippen molar-refractivity contribution in [3.05, 3.63) is 71.8 Å². The molecule has 0 spiro atoms. The van der Waals surface area contributed by atoms with Gasteiger partial charge in [-0.05, 0) is 11.1 Å². The third-order valence-corrected chi connectivity index (χ3v) is 3.73. The van der Waals surface area contributed by atoms with E-state index in [1.165, 1.54) is 6.07 Å². The molecule has 0 fully saturated rings. The van der Waals surface area contributed by atoms with Crippen LogP contribution in [-0.2, 0) is 6.54 Å². The molecule has 0 aromatic heterocycles. The zero-order chi connectivity index (χ0) is 17.6. The van der Waals surface area contributed by atoms with Crippen LogP contribution >= 0.6 is 0 Å². The van der Waals surface area contributed by atoms with Crippen molar-refractivity contribution in [2.24, 2.45) is 0 Å². The molecule has 0 heterocycles. The number of nitriles is 1. The summed E-state index contributed by atoms with van der Waals surface area (Å²) in [5.41, 5.74) is 1.16. The van der Waals surface area contributed by atoms with Crippen LogP contribution in [-0.4, -0.2) is 28.8 Å². The maximum Gasteiger partial charge on any atom is 0.417 e. The molecule has 2 rings (SSSR count). The second kappa shape index (κ2) is 7.95. The third kappa shape index (κ3) is 4.34. The van der Waals surface area contributed by atoms with Gasteiger partial charge in [0.05, 0.1) is 18.7 Å². The van der Waals surface area contributed by atoms with Crippen LogP contribution in [0.5, 0.6) is 0 Å². The van der Waals surface area contributed by atoms with Crippen molar-refractivity contribution in [3.8, 4) is 6.07 Å². The molecular formula is C18H17F3N2O. The van der Waals surface area contributed by atoms with Crippen LogP contribution in [0.2, 0.25) is 0 Å². The number of aliphatic hydroxyl groups is 1. The van der Waals surface area contributed by atoms with Gasteiger partial charge in [0.1, 0.15) is 0 Å². The fraction of sp³-hybridized carbons (Fsp3) is 0.278. The monoisotopic (exact) mass is 334 g/mol. The Balaban J connectivity index is 2.43. The Labute approximate surface area is 138 Å². The number of benzene rings is 2. The van der Waals surface area contributed by atoms with Gasteiger partial charge in [-0.3, -0.25) is 4.90 Å². The number of hydrogen-bond acceptors (Lipinski definition) is 3. The smallest absolute Gasteiger partial charge is 0.394 e. The highest BCUT2D eigenvalue weighted by Crippen LogP contribution is 2.32. The molecular weight excluding hydrogens is 317 g/mol. The highest BCUT2D eigenvalue weighted by Gasteiger charge is 2.46. The van der Waals surface area contributed by atoms with Gasteiger partial charge in [0.2, 0.25) is 0 Å². The Kier molecular flexibility index (Phi) is 5.96. The summed E-state index contributed by atoms with van der Waals surface area (Å²) in [5, 5.41) is 18.8. The van der Waals surface area contributed by atoms with Crippen molar-refractivity contribution in [1.82, 2.24) is 4.90 Å². The fourth-order valence-electron chi connectivity index (χ4n) is 2.59. The van der Waals surface area contributed by atoms with E-state index >= 15 is 0 Å². The lowest BCUT2D eigenvalue weighted by molar-refractivity contribution is -0.177. The quantitative estimate of drug-likeness (QED) is 0.877. The summed E-state index contributed by atoms with van der Waals surface area (Å²) in [6.45, 7) is -0.621. The first-order valence-corrected chi connectivity index (χ1v) is 7.39. The third-order valence-electron chi connectivity index (χ3n) is 3.73. The van der Waals surface area contributed by atoms with Crippen molar-refractivity contribution < 1.29 is 18.3 Å². The lowest BCUT2D eigenvalue weighted by Crippen LogP contribution is -2.47. The minimum atomic E-state index is -4.72. The minimum absolute atomic E-state index is 0.0985. The number of alkyl halides is 3. The first kappa shape index (κ1) is 18.0. The standard InChI is InChI=1S/C18H17F3N2O/c19-18(20,21)17(11-22)23(12-14-7-3-1-4-8-14)16(13-24)15-9-5-2-6-10-15/h1-10,16-17,24H,12-13H2/t16-,17-/m0/s1. The molecule has 0 aliphatic carbocycles. The van der Waals surface area contributed by atoms with E-state index in [9.17, 15) is 18.3 Å². The zero-order valence-corrected chi connectivity index (χ0v) is 12.8. The molecule has 0 aliphatic heterocycles. The van der Waals surface area contributed by atoms with E-state index in [2.05, 4.69) is 0 Å². The van der Waals surface area contributed by atoms with Crippen LogP contribution in [0, 0.1) is 11.3 Å². The first-order valence-electron chi connectivity index (χ1n) is 7.39. The van der Waals surface area contributed by atoms with Crippen molar-refractivity contribution in [1.29, 1.82) is 5.26 Å². The number of aliphatic hydroxyl groups excluding tert-OH is 1. The summed E-state index contributed by atoms with van der Waals surface area (Å²) >= 11 is 0. The highest BCUT2D eigenvalue weighted by molar-refractivity contribution is 5.22. The predicted octanol–water partition coefficient (Wildman–Crippen LogP) is 3.68. The Morgan fingerprint density at radius 2 is 1.54 bits per heavy atom. The Hall–Kier alpha value is -2.36. The maximum absolute atomic E-state index is 13.3. The van der Waals surface area contributed by atoms with Gasteiger partial charge in [-0.2, -0.15) is 18.4 Å². The summed E-state index contributed by atoms with van der Waals surface area (Å²) < 4.78 is 40.0. The largest absolute Gasteiger partial charge is 0.417 e. The molecule has 0 bridgehead atoms. The SMILES string of the molecule is N#C[C@H](N(Cc1ccccc1)[C@@H](CO)c1ccccc1)C(F)(F)F. The van der Waals surface area contributed by atoms with Crippen LogP contribution in [0.25, 0.3) is 0 Å². The molecule has 24 heavy (non-hydrogen) atoms.